The second-order valence-electron chi connectivity index (χ2n) is 5.46. The molecule has 0 atom stereocenters. The van der Waals surface area contributed by atoms with Gasteiger partial charge < -0.3 is 14.8 Å². The van der Waals surface area contributed by atoms with E-state index in [1.54, 1.807) is 18.2 Å². The molecule has 0 unspecified atom stereocenters. The van der Waals surface area contributed by atoms with Gasteiger partial charge in [0.05, 0.1) is 5.02 Å². The molecule has 0 aromatic heterocycles. The molecular formula is C18H15ClFNO4. The zero-order valence-electron chi connectivity index (χ0n) is 13.2. The Labute approximate surface area is 148 Å². The van der Waals surface area contributed by atoms with E-state index in [-0.39, 0.29) is 29.6 Å². The molecule has 1 heterocycles. The molecule has 2 aromatic carbocycles. The van der Waals surface area contributed by atoms with Gasteiger partial charge in [-0.1, -0.05) is 11.6 Å². The van der Waals surface area contributed by atoms with E-state index in [0.717, 1.165) is 6.07 Å². The van der Waals surface area contributed by atoms with Crippen molar-refractivity contribution in [1.82, 2.24) is 0 Å². The highest BCUT2D eigenvalue weighted by Crippen LogP contribution is 2.31. The number of halogens is 2. The number of rotatable bonds is 5. The number of carbonyl (C=O) groups is 2. The number of anilines is 1. The molecule has 0 saturated carbocycles. The van der Waals surface area contributed by atoms with E-state index in [0.29, 0.717) is 36.0 Å². The lowest BCUT2D eigenvalue weighted by molar-refractivity contribution is -0.116. The van der Waals surface area contributed by atoms with Crippen molar-refractivity contribution in [2.24, 2.45) is 0 Å². The van der Waals surface area contributed by atoms with Gasteiger partial charge in [-0.05, 0) is 36.4 Å². The number of hydrogen-bond donors (Lipinski definition) is 1. The van der Waals surface area contributed by atoms with Gasteiger partial charge in [-0.3, -0.25) is 9.59 Å². The number of nitrogens with one attached hydrogen (secondary N) is 1. The molecule has 1 aliphatic heterocycles. The van der Waals surface area contributed by atoms with Crippen LogP contribution in [-0.2, 0) is 4.79 Å². The monoisotopic (exact) mass is 363 g/mol. The lowest BCUT2D eigenvalue weighted by atomic mass is 10.1. The first-order valence-corrected chi connectivity index (χ1v) is 8.08. The zero-order chi connectivity index (χ0) is 17.8. The number of benzene rings is 2. The van der Waals surface area contributed by atoms with Crippen LogP contribution in [0.15, 0.2) is 36.4 Å². The fraction of sp³-hybridized carbons (Fsp3) is 0.222. The molecule has 5 nitrogen and oxygen atoms in total. The largest absolute Gasteiger partial charge is 0.486 e. The van der Waals surface area contributed by atoms with Crippen molar-refractivity contribution in [3.63, 3.8) is 0 Å². The molecule has 0 aliphatic carbocycles. The summed E-state index contributed by atoms with van der Waals surface area (Å²) in [5.74, 6) is 0.0440. The molecule has 2 aromatic rings. The minimum Gasteiger partial charge on any atom is -0.486 e. The molecule has 0 fully saturated rings. The van der Waals surface area contributed by atoms with Crippen molar-refractivity contribution in [1.29, 1.82) is 0 Å². The molecule has 0 saturated heterocycles. The minimum absolute atomic E-state index is 0.00225. The van der Waals surface area contributed by atoms with E-state index in [4.69, 9.17) is 21.1 Å². The molecule has 7 heteroatoms. The highest BCUT2D eigenvalue weighted by atomic mass is 35.5. The van der Waals surface area contributed by atoms with E-state index in [9.17, 15) is 14.0 Å². The third-order valence-electron chi connectivity index (χ3n) is 3.65. The van der Waals surface area contributed by atoms with Crippen LogP contribution < -0.4 is 14.8 Å². The summed E-state index contributed by atoms with van der Waals surface area (Å²) in [6.45, 7) is 0.918. The molecular weight excluding hydrogens is 349 g/mol. The van der Waals surface area contributed by atoms with Gasteiger partial charge in [0.1, 0.15) is 19.0 Å². The fourth-order valence-corrected chi connectivity index (χ4v) is 2.57. The highest BCUT2D eigenvalue weighted by molar-refractivity contribution is 6.31. The van der Waals surface area contributed by atoms with Gasteiger partial charge in [-0.2, -0.15) is 0 Å². The predicted molar refractivity (Wildman–Crippen MR) is 91.0 cm³/mol. The molecule has 3 rings (SSSR count). The molecule has 0 bridgehead atoms. The zero-order valence-corrected chi connectivity index (χ0v) is 13.9. The summed E-state index contributed by atoms with van der Waals surface area (Å²) < 4.78 is 23.9. The third kappa shape index (κ3) is 4.28. The van der Waals surface area contributed by atoms with Crippen molar-refractivity contribution in [3.05, 3.63) is 52.8 Å². The Morgan fingerprint density at radius 3 is 2.56 bits per heavy atom. The second-order valence-corrected chi connectivity index (χ2v) is 5.87. The maximum absolute atomic E-state index is 13.1. The standard InChI is InChI=1S/C18H15ClFNO4/c19-13-10-12(2-3-14(13)20)21-18(23)6-4-15(22)11-1-5-16-17(9-11)25-8-7-24-16/h1-3,5,9-10H,4,6-8H2,(H,21,23). The molecule has 1 N–H and O–H groups in total. The van der Waals surface area contributed by atoms with Gasteiger partial charge in [0.2, 0.25) is 5.91 Å². The van der Waals surface area contributed by atoms with Crippen molar-refractivity contribution >= 4 is 29.0 Å². The molecule has 130 valence electrons. The van der Waals surface area contributed by atoms with E-state index < -0.39 is 5.82 Å². The van der Waals surface area contributed by atoms with Crippen molar-refractivity contribution in [2.75, 3.05) is 18.5 Å². The smallest absolute Gasteiger partial charge is 0.224 e. The van der Waals surface area contributed by atoms with Gasteiger partial charge in [-0.15, -0.1) is 0 Å². The molecule has 25 heavy (non-hydrogen) atoms. The molecule has 0 radical (unpaired) electrons. The lowest BCUT2D eigenvalue weighted by Crippen LogP contribution is -2.16. The summed E-state index contributed by atoms with van der Waals surface area (Å²) in [6.07, 6.45) is 0.0443. The topological polar surface area (TPSA) is 64.6 Å². The first kappa shape index (κ1) is 17.2. The molecule has 0 spiro atoms. The summed E-state index contributed by atoms with van der Waals surface area (Å²) in [6, 6.07) is 8.84. The lowest BCUT2D eigenvalue weighted by Gasteiger charge is -2.18. The summed E-state index contributed by atoms with van der Waals surface area (Å²) >= 11 is 5.66. The SMILES string of the molecule is O=C(CCC(=O)c1ccc2c(c1)OCCO2)Nc1ccc(F)c(Cl)c1. The molecule has 1 aliphatic rings. The van der Waals surface area contributed by atoms with Crippen LogP contribution in [0.4, 0.5) is 10.1 Å². The first-order chi connectivity index (χ1) is 12.0. The van der Waals surface area contributed by atoms with Crippen LogP contribution >= 0.6 is 11.6 Å². The third-order valence-corrected chi connectivity index (χ3v) is 3.94. The van der Waals surface area contributed by atoms with Crippen LogP contribution in [0.3, 0.4) is 0 Å². The normalized spacial score (nSPS) is 12.6. The van der Waals surface area contributed by atoms with E-state index in [1.165, 1.54) is 12.1 Å². The fourth-order valence-electron chi connectivity index (χ4n) is 2.39. The number of hydrogen-bond acceptors (Lipinski definition) is 4. The highest BCUT2D eigenvalue weighted by Gasteiger charge is 2.16. The predicted octanol–water partition coefficient (Wildman–Crippen LogP) is 3.85. The number of ether oxygens (including phenoxy) is 2. The Morgan fingerprint density at radius 1 is 1.04 bits per heavy atom. The average Bonchev–Trinajstić information content (AvgIpc) is 2.62. The number of amides is 1. The van der Waals surface area contributed by atoms with Crippen molar-refractivity contribution < 1.29 is 23.5 Å². The Bertz CT molecular complexity index is 825. The minimum atomic E-state index is -0.562. The van der Waals surface area contributed by atoms with Gasteiger partial charge in [0.25, 0.3) is 0 Å². The van der Waals surface area contributed by atoms with Gasteiger partial charge in [0, 0.05) is 24.1 Å². The van der Waals surface area contributed by atoms with Gasteiger partial charge in [0.15, 0.2) is 17.3 Å². The quantitative estimate of drug-likeness (QED) is 0.819. The number of fused-ring (bicyclic) bond motifs is 1. The number of ketones is 1. The van der Waals surface area contributed by atoms with Crippen LogP contribution in [0.2, 0.25) is 5.02 Å². The van der Waals surface area contributed by atoms with Crippen LogP contribution in [0.1, 0.15) is 23.2 Å². The van der Waals surface area contributed by atoms with Gasteiger partial charge >= 0.3 is 0 Å². The maximum atomic E-state index is 13.1. The second kappa shape index (κ2) is 7.53. The van der Waals surface area contributed by atoms with E-state index >= 15 is 0 Å². The van der Waals surface area contributed by atoms with Crippen molar-refractivity contribution in [3.8, 4) is 11.5 Å². The Hall–Kier alpha value is -2.60. The maximum Gasteiger partial charge on any atom is 0.224 e. The first-order valence-electron chi connectivity index (χ1n) is 7.70. The van der Waals surface area contributed by atoms with Crippen LogP contribution in [-0.4, -0.2) is 24.9 Å². The Morgan fingerprint density at radius 2 is 1.80 bits per heavy atom. The number of carbonyl (C=O) groups excluding carboxylic acids is 2. The van der Waals surface area contributed by atoms with Gasteiger partial charge in [-0.25, -0.2) is 4.39 Å². The summed E-state index contributed by atoms with van der Waals surface area (Å²) in [5, 5.41) is 2.50. The Balaban J connectivity index is 1.56. The summed E-state index contributed by atoms with van der Waals surface area (Å²) in [5.41, 5.74) is 0.838. The van der Waals surface area contributed by atoms with Crippen LogP contribution in [0, 0.1) is 5.82 Å². The Kier molecular flexibility index (Phi) is 5.19. The van der Waals surface area contributed by atoms with E-state index in [1.807, 2.05) is 0 Å². The average molecular weight is 364 g/mol. The van der Waals surface area contributed by atoms with Crippen molar-refractivity contribution in [2.45, 2.75) is 12.8 Å². The molecule has 1 amide bonds. The van der Waals surface area contributed by atoms with Crippen LogP contribution in [0.25, 0.3) is 0 Å². The van der Waals surface area contributed by atoms with Crippen LogP contribution in [0.5, 0.6) is 11.5 Å². The summed E-state index contributed by atoms with van der Waals surface area (Å²) in [7, 11) is 0. The summed E-state index contributed by atoms with van der Waals surface area (Å²) in [4.78, 5) is 24.2. The van der Waals surface area contributed by atoms with E-state index in [2.05, 4.69) is 5.32 Å². The number of Topliss-reactive ketones (excluding diaryl/α,β-unsaturated/α-hetero) is 1.